The molecule has 4 nitrogen and oxygen atoms in total. The van der Waals surface area contributed by atoms with Gasteiger partial charge in [-0.3, -0.25) is 0 Å². The predicted octanol–water partition coefficient (Wildman–Crippen LogP) is -1.48. The quantitative estimate of drug-likeness (QED) is 0.366. The molecule has 1 rings (SSSR count). The summed E-state index contributed by atoms with van der Waals surface area (Å²) in [7, 11) is 0. The molecule has 1 fully saturated rings. The minimum Gasteiger partial charge on any atom is -0.389 e. The second-order valence-electron chi connectivity index (χ2n) is 2.70. The number of aliphatic hydroxyl groups excluding tert-OH is 4. The van der Waals surface area contributed by atoms with E-state index in [-0.39, 0.29) is 5.25 Å². The Kier molecular flexibility index (Phi) is 2.77. The van der Waals surface area contributed by atoms with Gasteiger partial charge >= 0.3 is 0 Å². The van der Waals surface area contributed by atoms with E-state index in [1.165, 1.54) is 0 Å². The van der Waals surface area contributed by atoms with E-state index in [1.807, 2.05) is 0 Å². The summed E-state index contributed by atoms with van der Waals surface area (Å²) in [6, 6.07) is 0. The summed E-state index contributed by atoms with van der Waals surface area (Å²) in [6.07, 6.45) is -3.44. The van der Waals surface area contributed by atoms with Crippen LogP contribution in [0.15, 0.2) is 0 Å². The molecule has 1 saturated heterocycles. The third-order valence-corrected chi connectivity index (χ3v) is 3.09. The molecule has 0 bridgehead atoms. The first kappa shape index (κ1) is 9.28. The second kappa shape index (κ2) is 3.28. The van der Waals surface area contributed by atoms with Gasteiger partial charge in [-0.05, 0) is 0 Å². The van der Waals surface area contributed by atoms with Gasteiger partial charge in [-0.15, -0.1) is 11.8 Å². The molecule has 1 aliphatic heterocycles. The highest BCUT2D eigenvalue weighted by Crippen LogP contribution is 2.30. The molecule has 0 aromatic heterocycles. The lowest BCUT2D eigenvalue weighted by molar-refractivity contribution is -0.0909. The molecule has 5 heteroatoms. The molecule has 0 radical (unpaired) electrons. The highest BCUT2D eigenvalue weighted by atomic mass is 32.2. The van der Waals surface area contributed by atoms with Crippen molar-refractivity contribution in [3.05, 3.63) is 0 Å². The first-order valence-corrected chi connectivity index (χ1v) is 4.36. The van der Waals surface area contributed by atoms with Gasteiger partial charge in [0.2, 0.25) is 0 Å². The van der Waals surface area contributed by atoms with Crippen LogP contribution in [0.4, 0.5) is 0 Å². The molecule has 0 aromatic rings. The molecule has 0 aromatic carbocycles. The fourth-order valence-electron chi connectivity index (χ4n) is 1.03. The third kappa shape index (κ3) is 1.68. The summed E-state index contributed by atoms with van der Waals surface area (Å²) < 4.78 is 0. The van der Waals surface area contributed by atoms with Gasteiger partial charge < -0.3 is 20.4 Å². The Labute approximate surface area is 68.9 Å². The van der Waals surface area contributed by atoms with Crippen LogP contribution in [-0.4, -0.2) is 49.4 Å². The van der Waals surface area contributed by atoms with Gasteiger partial charge in [0.05, 0.1) is 6.10 Å². The van der Waals surface area contributed by atoms with Crippen molar-refractivity contribution in [3.63, 3.8) is 0 Å². The summed E-state index contributed by atoms with van der Waals surface area (Å²) in [5.41, 5.74) is -0.997. The maximum atomic E-state index is 9.19. The van der Waals surface area contributed by atoms with E-state index in [4.69, 9.17) is 15.3 Å². The van der Waals surface area contributed by atoms with Crippen molar-refractivity contribution in [2.75, 3.05) is 0 Å². The first-order valence-electron chi connectivity index (χ1n) is 3.41. The Bertz CT molecular complexity index is 129. The van der Waals surface area contributed by atoms with E-state index in [9.17, 15) is 5.11 Å². The maximum absolute atomic E-state index is 9.19. The molecule has 1 heterocycles. The number of hydrogen-bond donors (Lipinski definition) is 4. The third-order valence-electron chi connectivity index (χ3n) is 1.83. The smallest absolute Gasteiger partial charge is 0.128 e. The van der Waals surface area contributed by atoms with Crippen LogP contribution in [0.5, 0.6) is 0 Å². The summed E-state index contributed by atoms with van der Waals surface area (Å²) in [5, 5.41) is 36.2. The van der Waals surface area contributed by atoms with Crippen molar-refractivity contribution >= 4 is 11.8 Å². The standard InChI is InChI=1S/C6H12O4S/c1-2-3(7)4(8)5(9)6(10)11-2/h2-10H,1H3/t2-,3+,4+,5+,6?/m0/s1. The second-order valence-corrected chi connectivity index (χ2v) is 4.20. The lowest BCUT2D eigenvalue weighted by atomic mass is 10.1. The van der Waals surface area contributed by atoms with Gasteiger partial charge in [0, 0.05) is 5.25 Å². The Morgan fingerprint density at radius 1 is 0.909 bits per heavy atom. The van der Waals surface area contributed by atoms with Crippen LogP contribution in [0, 0.1) is 0 Å². The molecule has 4 N–H and O–H groups in total. The zero-order valence-corrected chi connectivity index (χ0v) is 6.90. The van der Waals surface area contributed by atoms with Crippen LogP contribution in [0.1, 0.15) is 6.92 Å². The minimum absolute atomic E-state index is 0.247. The van der Waals surface area contributed by atoms with Gasteiger partial charge in [-0.25, -0.2) is 0 Å². The molecular formula is C6H12O4S. The Morgan fingerprint density at radius 3 is 2.00 bits per heavy atom. The lowest BCUT2D eigenvalue weighted by Gasteiger charge is -2.35. The minimum atomic E-state index is -1.24. The van der Waals surface area contributed by atoms with E-state index < -0.39 is 23.7 Å². The molecule has 11 heavy (non-hydrogen) atoms. The highest BCUT2D eigenvalue weighted by molar-refractivity contribution is 8.00. The topological polar surface area (TPSA) is 80.9 Å². The maximum Gasteiger partial charge on any atom is 0.128 e. The summed E-state index contributed by atoms with van der Waals surface area (Å²) in [6.45, 7) is 1.69. The van der Waals surface area contributed by atoms with Crippen molar-refractivity contribution in [2.24, 2.45) is 0 Å². The number of rotatable bonds is 0. The van der Waals surface area contributed by atoms with Gasteiger partial charge in [-0.1, -0.05) is 6.92 Å². The highest BCUT2D eigenvalue weighted by Gasteiger charge is 2.40. The van der Waals surface area contributed by atoms with Crippen molar-refractivity contribution in [1.82, 2.24) is 0 Å². The molecule has 0 saturated carbocycles. The summed E-state index contributed by atoms with van der Waals surface area (Å²) >= 11 is 1.06. The summed E-state index contributed by atoms with van der Waals surface area (Å²) in [5.74, 6) is 0. The van der Waals surface area contributed by atoms with E-state index in [0.717, 1.165) is 11.8 Å². The molecule has 0 aliphatic carbocycles. The Hall–Kier alpha value is 0.190. The summed E-state index contributed by atoms with van der Waals surface area (Å²) in [4.78, 5) is 0. The zero-order chi connectivity index (χ0) is 8.59. The van der Waals surface area contributed by atoms with Crippen molar-refractivity contribution in [3.8, 4) is 0 Å². The average Bonchev–Trinajstić information content (AvgIpc) is 1.97. The van der Waals surface area contributed by atoms with E-state index >= 15 is 0 Å². The normalized spacial score (nSPS) is 52.6. The van der Waals surface area contributed by atoms with Gasteiger partial charge in [0.15, 0.2) is 0 Å². The monoisotopic (exact) mass is 180 g/mol. The van der Waals surface area contributed by atoms with Crippen LogP contribution in [0.2, 0.25) is 0 Å². The Balaban J connectivity index is 2.63. The van der Waals surface area contributed by atoms with Gasteiger partial charge in [0.25, 0.3) is 0 Å². The van der Waals surface area contributed by atoms with Gasteiger partial charge in [-0.2, -0.15) is 0 Å². The van der Waals surface area contributed by atoms with Crippen molar-refractivity contribution in [2.45, 2.75) is 35.9 Å². The largest absolute Gasteiger partial charge is 0.389 e. The van der Waals surface area contributed by atoms with E-state index in [0.29, 0.717) is 0 Å². The van der Waals surface area contributed by atoms with Crippen LogP contribution >= 0.6 is 11.8 Å². The average molecular weight is 180 g/mol. The van der Waals surface area contributed by atoms with E-state index in [2.05, 4.69) is 0 Å². The fourth-order valence-corrected chi connectivity index (χ4v) is 2.11. The molecule has 0 spiro atoms. The molecular weight excluding hydrogens is 168 g/mol. The van der Waals surface area contributed by atoms with Crippen molar-refractivity contribution in [1.29, 1.82) is 0 Å². The number of hydrogen-bond acceptors (Lipinski definition) is 5. The van der Waals surface area contributed by atoms with E-state index in [1.54, 1.807) is 6.92 Å². The molecule has 1 aliphatic rings. The van der Waals surface area contributed by atoms with Crippen molar-refractivity contribution < 1.29 is 20.4 Å². The van der Waals surface area contributed by atoms with Crippen LogP contribution in [-0.2, 0) is 0 Å². The fraction of sp³-hybridized carbons (Fsp3) is 1.00. The lowest BCUT2D eigenvalue weighted by Crippen LogP contribution is -2.52. The Morgan fingerprint density at radius 2 is 1.45 bits per heavy atom. The van der Waals surface area contributed by atoms with Crippen LogP contribution in [0.25, 0.3) is 0 Å². The van der Waals surface area contributed by atoms with Gasteiger partial charge in [0.1, 0.15) is 17.6 Å². The molecule has 5 atom stereocenters. The van der Waals surface area contributed by atoms with Crippen LogP contribution in [0.3, 0.4) is 0 Å². The first-order chi connectivity index (χ1) is 5.04. The van der Waals surface area contributed by atoms with Crippen LogP contribution < -0.4 is 0 Å². The SMILES string of the molecule is C[C@@H]1SC(O)[C@H](O)[C@H](O)[C@@H]1O. The number of aliphatic hydroxyl groups is 4. The number of thioether (sulfide) groups is 1. The molecule has 1 unspecified atom stereocenters. The predicted molar refractivity (Wildman–Crippen MR) is 41.1 cm³/mol. The molecule has 0 amide bonds. The zero-order valence-electron chi connectivity index (χ0n) is 6.08. The molecule has 66 valence electrons.